The van der Waals surface area contributed by atoms with Crippen LogP contribution in [0.25, 0.3) is 9.75 Å². The SMILES string of the molecule is Cc1csc(-c2ccc(B3OC(C)(C)C(C)(C)O3)s2)c1. The van der Waals surface area contributed by atoms with Crippen molar-refractivity contribution in [3.05, 3.63) is 29.1 Å². The van der Waals surface area contributed by atoms with Gasteiger partial charge in [0.1, 0.15) is 0 Å². The van der Waals surface area contributed by atoms with Crippen LogP contribution >= 0.6 is 22.7 Å². The lowest BCUT2D eigenvalue weighted by molar-refractivity contribution is 0.00578. The molecule has 106 valence electrons. The van der Waals surface area contributed by atoms with Gasteiger partial charge in [-0.1, -0.05) is 6.07 Å². The van der Waals surface area contributed by atoms with E-state index in [0.717, 1.165) is 4.78 Å². The van der Waals surface area contributed by atoms with Crippen LogP contribution in [0.15, 0.2) is 23.6 Å². The Hall–Kier alpha value is -0.615. The molecule has 0 bridgehead atoms. The smallest absolute Gasteiger partial charge is 0.399 e. The molecule has 5 heteroatoms. The van der Waals surface area contributed by atoms with Crippen LogP contribution < -0.4 is 4.78 Å². The molecular formula is C15H19BO2S2. The van der Waals surface area contributed by atoms with Crippen molar-refractivity contribution in [3.63, 3.8) is 0 Å². The Kier molecular flexibility index (Phi) is 3.37. The van der Waals surface area contributed by atoms with Gasteiger partial charge in [-0.25, -0.2) is 0 Å². The van der Waals surface area contributed by atoms with Crippen molar-refractivity contribution >= 4 is 34.6 Å². The fourth-order valence-electron chi connectivity index (χ4n) is 2.13. The van der Waals surface area contributed by atoms with Crippen molar-refractivity contribution in [2.24, 2.45) is 0 Å². The molecule has 0 amide bonds. The Morgan fingerprint density at radius 3 is 2.20 bits per heavy atom. The van der Waals surface area contributed by atoms with E-state index >= 15 is 0 Å². The van der Waals surface area contributed by atoms with E-state index in [9.17, 15) is 0 Å². The van der Waals surface area contributed by atoms with Crippen LogP contribution in [0.4, 0.5) is 0 Å². The summed E-state index contributed by atoms with van der Waals surface area (Å²) in [6.45, 7) is 10.5. The summed E-state index contributed by atoms with van der Waals surface area (Å²) in [5, 5.41) is 2.18. The number of hydrogen-bond donors (Lipinski definition) is 0. The van der Waals surface area contributed by atoms with Crippen molar-refractivity contribution in [3.8, 4) is 9.75 Å². The van der Waals surface area contributed by atoms with E-state index in [0.29, 0.717) is 0 Å². The first kappa shape index (κ1) is 14.3. The molecule has 0 unspecified atom stereocenters. The third kappa shape index (κ3) is 2.37. The molecule has 1 saturated heterocycles. The Morgan fingerprint density at radius 1 is 1.00 bits per heavy atom. The normalized spacial score (nSPS) is 20.6. The van der Waals surface area contributed by atoms with E-state index in [1.165, 1.54) is 15.3 Å². The average molecular weight is 306 g/mol. The zero-order valence-electron chi connectivity index (χ0n) is 12.5. The van der Waals surface area contributed by atoms with Crippen LogP contribution in [0.5, 0.6) is 0 Å². The van der Waals surface area contributed by atoms with Gasteiger partial charge < -0.3 is 9.31 Å². The number of aryl methyl sites for hydroxylation is 1. The quantitative estimate of drug-likeness (QED) is 0.778. The molecule has 2 aromatic rings. The molecule has 2 nitrogen and oxygen atoms in total. The lowest BCUT2D eigenvalue weighted by atomic mass is 9.88. The zero-order valence-corrected chi connectivity index (χ0v) is 14.2. The van der Waals surface area contributed by atoms with Crippen LogP contribution in [0, 0.1) is 6.92 Å². The summed E-state index contributed by atoms with van der Waals surface area (Å²) in [4.78, 5) is 2.60. The number of rotatable bonds is 2. The van der Waals surface area contributed by atoms with Gasteiger partial charge in [0, 0.05) is 14.5 Å². The summed E-state index contributed by atoms with van der Waals surface area (Å²) in [6.07, 6.45) is 0. The second-order valence-electron chi connectivity index (χ2n) is 6.28. The van der Waals surface area contributed by atoms with Gasteiger partial charge in [-0.3, -0.25) is 0 Å². The molecule has 0 saturated carbocycles. The topological polar surface area (TPSA) is 18.5 Å². The standard InChI is InChI=1S/C15H19BO2S2/c1-10-8-12(19-9-10)11-6-7-13(20-11)16-17-14(2,3)15(4,5)18-16/h6-9H,1-5H3. The van der Waals surface area contributed by atoms with Gasteiger partial charge in [-0.2, -0.15) is 0 Å². The van der Waals surface area contributed by atoms with Gasteiger partial charge in [0.05, 0.1) is 11.2 Å². The van der Waals surface area contributed by atoms with Gasteiger partial charge in [-0.05, 0) is 57.7 Å². The first-order valence-corrected chi connectivity index (χ1v) is 8.49. The van der Waals surface area contributed by atoms with E-state index in [1.54, 1.807) is 22.7 Å². The maximum Gasteiger partial charge on any atom is 0.505 e. The molecule has 1 aliphatic rings. The Balaban J connectivity index is 1.85. The van der Waals surface area contributed by atoms with Crippen molar-refractivity contribution in [2.45, 2.75) is 45.8 Å². The minimum atomic E-state index is -0.276. The maximum atomic E-state index is 6.10. The molecule has 0 spiro atoms. The molecule has 0 aromatic carbocycles. The van der Waals surface area contributed by atoms with Crippen molar-refractivity contribution in [1.82, 2.24) is 0 Å². The zero-order chi connectivity index (χ0) is 14.5. The van der Waals surface area contributed by atoms with Crippen LogP contribution in [-0.2, 0) is 9.31 Å². The highest BCUT2D eigenvalue weighted by atomic mass is 32.1. The second kappa shape index (κ2) is 4.70. The highest BCUT2D eigenvalue weighted by Crippen LogP contribution is 2.38. The molecule has 0 atom stereocenters. The number of thiophene rings is 2. The molecule has 0 radical (unpaired) electrons. The van der Waals surface area contributed by atoms with Crippen LogP contribution in [-0.4, -0.2) is 18.3 Å². The Labute approximate surface area is 128 Å². The van der Waals surface area contributed by atoms with Crippen molar-refractivity contribution in [1.29, 1.82) is 0 Å². The lowest BCUT2D eigenvalue weighted by Gasteiger charge is -2.32. The molecule has 1 aliphatic heterocycles. The summed E-state index contributed by atoms with van der Waals surface area (Å²) >= 11 is 3.55. The molecule has 0 aliphatic carbocycles. The first-order valence-electron chi connectivity index (χ1n) is 6.79. The fraction of sp³-hybridized carbons (Fsp3) is 0.467. The minimum Gasteiger partial charge on any atom is -0.399 e. The fourth-order valence-corrected chi connectivity index (χ4v) is 4.10. The van der Waals surface area contributed by atoms with E-state index in [4.69, 9.17) is 9.31 Å². The van der Waals surface area contributed by atoms with E-state index in [2.05, 4.69) is 58.2 Å². The highest BCUT2D eigenvalue weighted by molar-refractivity contribution is 7.27. The largest absolute Gasteiger partial charge is 0.505 e. The van der Waals surface area contributed by atoms with Gasteiger partial charge >= 0.3 is 7.12 Å². The third-order valence-electron chi connectivity index (χ3n) is 4.09. The molecule has 3 heterocycles. The van der Waals surface area contributed by atoms with Gasteiger partial charge in [-0.15, -0.1) is 22.7 Å². The molecular weight excluding hydrogens is 287 g/mol. The Bertz CT molecular complexity index is 611. The lowest BCUT2D eigenvalue weighted by Crippen LogP contribution is -2.41. The summed E-state index contributed by atoms with van der Waals surface area (Å²) in [5.41, 5.74) is 0.762. The summed E-state index contributed by atoms with van der Waals surface area (Å²) in [5.74, 6) is 0. The molecule has 3 rings (SSSR count). The Morgan fingerprint density at radius 2 is 1.65 bits per heavy atom. The summed E-state index contributed by atoms with van der Waals surface area (Å²) in [6, 6.07) is 6.51. The summed E-state index contributed by atoms with van der Waals surface area (Å²) in [7, 11) is -0.250. The first-order chi connectivity index (χ1) is 9.28. The van der Waals surface area contributed by atoms with E-state index in [1.807, 2.05) is 0 Å². The monoisotopic (exact) mass is 306 g/mol. The third-order valence-corrected chi connectivity index (χ3v) is 6.44. The van der Waals surface area contributed by atoms with E-state index in [-0.39, 0.29) is 18.3 Å². The van der Waals surface area contributed by atoms with Crippen molar-refractivity contribution < 1.29 is 9.31 Å². The van der Waals surface area contributed by atoms with Crippen molar-refractivity contribution in [2.75, 3.05) is 0 Å². The van der Waals surface area contributed by atoms with Gasteiger partial charge in [0.15, 0.2) is 0 Å². The predicted octanol–water partition coefficient (Wildman–Crippen LogP) is 4.08. The minimum absolute atomic E-state index is 0.250. The molecule has 0 N–H and O–H groups in total. The molecule has 1 fully saturated rings. The van der Waals surface area contributed by atoms with Gasteiger partial charge in [0.25, 0.3) is 0 Å². The molecule has 2 aromatic heterocycles. The average Bonchev–Trinajstić information content (AvgIpc) is 2.98. The maximum absolute atomic E-state index is 6.10. The van der Waals surface area contributed by atoms with Crippen LogP contribution in [0.2, 0.25) is 0 Å². The van der Waals surface area contributed by atoms with Crippen LogP contribution in [0.1, 0.15) is 33.3 Å². The van der Waals surface area contributed by atoms with Crippen LogP contribution in [0.3, 0.4) is 0 Å². The second-order valence-corrected chi connectivity index (χ2v) is 8.31. The summed E-state index contributed by atoms with van der Waals surface area (Å²) < 4.78 is 13.3. The number of hydrogen-bond acceptors (Lipinski definition) is 4. The van der Waals surface area contributed by atoms with E-state index < -0.39 is 0 Å². The predicted molar refractivity (Wildman–Crippen MR) is 88.1 cm³/mol. The van der Waals surface area contributed by atoms with Gasteiger partial charge in [0.2, 0.25) is 0 Å². The highest BCUT2D eigenvalue weighted by Gasteiger charge is 2.52. The molecule has 20 heavy (non-hydrogen) atoms.